The first kappa shape index (κ1) is 34.1. The van der Waals surface area contributed by atoms with Crippen molar-refractivity contribution in [2.75, 3.05) is 0 Å². The lowest BCUT2D eigenvalue weighted by Crippen LogP contribution is -2.48. The molecule has 1 aliphatic carbocycles. The maximum absolute atomic E-state index is 13.8. The van der Waals surface area contributed by atoms with E-state index in [0.29, 0.717) is 11.5 Å². The fraction of sp³-hybridized carbons (Fsp3) is 0.526. The molecule has 1 aliphatic rings. The van der Waals surface area contributed by atoms with E-state index in [0.717, 1.165) is 65.5 Å². The van der Waals surface area contributed by atoms with E-state index in [9.17, 15) is 18.6 Å². The molecule has 44 heavy (non-hydrogen) atoms. The molecule has 1 saturated carbocycles. The van der Waals surface area contributed by atoms with Crippen LogP contribution in [0.15, 0.2) is 59.5 Å². The fourth-order valence-electron chi connectivity index (χ4n) is 6.97. The second-order valence-corrected chi connectivity index (χ2v) is 15.9. The summed E-state index contributed by atoms with van der Waals surface area (Å²) in [7, 11) is -3.74. The number of phenols is 2. The summed E-state index contributed by atoms with van der Waals surface area (Å²) in [6.45, 7) is 16.8. The van der Waals surface area contributed by atoms with Crippen LogP contribution in [-0.4, -0.2) is 24.7 Å². The van der Waals surface area contributed by atoms with E-state index < -0.39 is 10.0 Å². The Balaban J connectivity index is 1.76. The fourth-order valence-corrected chi connectivity index (χ4v) is 8.37. The summed E-state index contributed by atoms with van der Waals surface area (Å²) in [5, 5.41) is 22.1. The van der Waals surface area contributed by atoms with E-state index in [-0.39, 0.29) is 46.4 Å². The first-order valence-corrected chi connectivity index (χ1v) is 18.0. The van der Waals surface area contributed by atoms with Crippen molar-refractivity contribution in [2.45, 2.75) is 122 Å². The number of nitrogens with one attached hydrogen (secondary N) is 1. The SMILES string of the molecule is CC(C)c1cc(CC2CCCC(Cc3cc(C(C)C)c(O)c(C(C)C)c3)C2NS(=O)(=O)c2ccccc2)cc(C(C)C)c1O. The zero-order chi connectivity index (χ0) is 32.3. The van der Waals surface area contributed by atoms with E-state index in [4.69, 9.17) is 0 Å². The molecule has 0 amide bonds. The van der Waals surface area contributed by atoms with Gasteiger partial charge in [0.2, 0.25) is 10.0 Å². The molecule has 4 rings (SSSR count). The Morgan fingerprint density at radius 1 is 0.659 bits per heavy atom. The Labute approximate surface area is 266 Å². The summed E-state index contributed by atoms with van der Waals surface area (Å²) in [6.07, 6.45) is 4.36. The van der Waals surface area contributed by atoms with E-state index in [1.807, 2.05) is 6.07 Å². The van der Waals surface area contributed by atoms with Crippen LogP contribution in [-0.2, 0) is 22.9 Å². The highest BCUT2D eigenvalue weighted by atomic mass is 32.2. The van der Waals surface area contributed by atoms with Crippen LogP contribution in [0.2, 0.25) is 0 Å². The molecule has 3 aromatic carbocycles. The number of hydrogen-bond acceptors (Lipinski definition) is 4. The van der Waals surface area contributed by atoms with Gasteiger partial charge in [0, 0.05) is 6.04 Å². The third-order valence-electron chi connectivity index (χ3n) is 9.45. The summed E-state index contributed by atoms with van der Waals surface area (Å²) < 4.78 is 30.8. The van der Waals surface area contributed by atoms with Crippen molar-refractivity contribution in [3.63, 3.8) is 0 Å². The van der Waals surface area contributed by atoms with Gasteiger partial charge in [0.1, 0.15) is 11.5 Å². The van der Waals surface area contributed by atoms with Crippen LogP contribution in [0.25, 0.3) is 0 Å². The minimum Gasteiger partial charge on any atom is -0.507 e. The van der Waals surface area contributed by atoms with Gasteiger partial charge in [-0.15, -0.1) is 0 Å². The van der Waals surface area contributed by atoms with Gasteiger partial charge in [-0.1, -0.05) is 104 Å². The van der Waals surface area contributed by atoms with Crippen LogP contribution in [0.1, 0.15) is 132 Å². The molecule has 0 radical (unpaired) electrons. The largest absolute Gasteiger partial charge is 0.507 e. The van der Waals surface area contributed by atoms with Crippen molar-refractivity contribution in [1.82, 2.24) is 4.72 Å². The average molecular weight is 620 g/mol. The molecule has 5 nitrogen and oxygen atoms in total. The summed E-state index contributed by atoms with van der Waals surface area (Å²) >= 11 is 0. The van der Waals surface area contributed by atoms with Gasteiger partial charge in [-0.2, -0.15) is 0 Å². The zero-order valence-corrected chi connectivity index (χ0v) is 28.7. The third-order valence-corrected chi connectivity index (χ3v) is 10.9. The van der Waals surface area contributed by atoms with Gasteiger partial charge in [0.05, 0.1) is 4.90 Å². The molecule has 6 heteroatoms. The molecule has 2 atom stereocenters. The Morgan fingerprint density at radius 3 is 1.36 bits per heavy atom. The molecule has 0 bridgehead atoms. The molecule has 2 unspecified atom stereocenters. The lowest BCUT2D eigenvalue weighted by atomic mass is 9.72. The monoisotopic (exact) mass is 619 g/mol. The Morgan fingerprint density at radius 2 is 1.02 bits per heavy atom. The lowest BCUT2D eigenvalue weighted by molar-refractivity contribution is 0.202. The van der Waals surface area contributed by atoms with Crippen LogP contribution in [0.5, 0.6) is 11.5 Å². The van der Waals surface area contributed by atoms with Crippen LogP contribution in [0, 0.1) is 11.8 Å². The molecule has 0 spiro atoms. The number of aromatic hydroxyl groups is 2. The lowest BCUT2D eigenvalue weighted by Gasteiger charge is -2.39. The number of rotatable bonds is 11. The molecule has 3 aromatic rings. The highest BCUT2D eigenvalue weighted by Gasteiger charge is 2.37. The van der Waals surface area contributed by atoms with Gasteiger partial charge >= 0.3 is 0 Å². The molecule has 0 aliphatic heterocycles. The number of phenolic OH excluding ortho intramolecular Hbond substituents is 2. The minimum atomic E-state index is -3.74. The number of hydrogen-bond donors (Lipinski definition) is 3. The van der Waals surface area contributed by atoms with Crippen LogP contribution in [0.3, 0.4) is 0 Å². The predicted octanol–water partition coefficient (Wildman–Crippen LogP) is 9.14. The van der Waals surface area contributed by atoms with Gasteiger partial charge in [-0.05, 0) is 107 Å². The second-order valence-electron chi connectivity index (χ2n) is 14.2. The maximum Gasteiger partial charge on any atom is 0.240 e. The van der Waals surface area contributed by atoms with Crippen molar-refractivity contribution < 1.29 is 18.6 Å². The van der Waals surface area contributed by atoms with Crippen molar-refractivity contribution in [3.8, 4) is 11.5 Å². The van der Waals surface area contributed by atoms with Crippen LogP contribution < -0.4 is 4.72 Å². The Bertz CT molecular complexity index is 1390. The van der Waals surface area contributed by atoms with Gasteiger partial charge in [0.15, 0.2) is 0 Å². The normalized spacial score (nSPS) is 19.4. The minimum absolute atomic E-state index is 0.100. The molecular formula is C38H53NO4S. The molecule has 1 fully saturated rings. The summed E-state index contributed by atoms with van der Waals surface area (Å²) in [6, 6.07) is 16.9. The number of benzene rings is 3. The topological polar surface area (TPSA) is 86.6 Å². The smallest absolute Gasteiger partial charge is 0.240 e. The van der Waals surface area contributed by atoms with Gasteiger partial charge < -0.3 is 10.2 Å². The average Bonchev–Trinajstić information content (AvgIpc) is 2.96. The van der Waals surface area contributed by atoms with E-state index >= 15 is 0 Å². The van der Waals surface area contributed by atoms with Crippen LogP contribution in [0.4, 0.5) is 0 Å². The molecule has 0 heterocycles. The van der Waals surface area contributed by atoms with Gasteiger partial charge in [0.25, 0.3) is 0 Å². The summed E-state index contributed by atoms with van der Waals surface area (Å²) in [5.74, 6) is 1.69. The molecule has 3 N–H and O–H groups in total. The van der Waals surface area contributed by atoms with Crippen molar-refractivity contribution in [2.24, 2.45) is 11.8 Å². The quantitative estimate of drug-likeness (QED) is 0.200. The second kappa shape index (κ2) is 14.1. The van der Waals surface area contributed by atoms with Crippen molar-refractivity contribution in [3.05, 3.63) is 88.0 Å². The van der Waals surface area contributed by atoms with Gasteiger partial charge in [-0.25, -0.2) is 13.1 Å². The van der Waals surface area contributed by atoms with Crippen molar-refractivity contribution in [1.29, 1.82) is 0 Å². The zero-order valence-electron chi connectivity index (χ0n) is 27.9. The Hall–Kier alpha value is -2.83. The third kappa shape index (κ3) is 7.69. The molecule has 0 saturated heterocycles. The standard InChI is InChI=1S/C38H53NO4S/c1-23(2)32-19-27(20-33(24(3)4)37(32)40)17-29-13-12-14-30(36(29)39-44(42,43)31-15-10-9-11-16-31)18-28-21-34(25(5)6)38(41)35(22-28)26(7)8/h9-11,15-16,19-26,29-30,36,39-41H,12-14,17-18H2,1-8H3. The van der Waals surface area contributed by atoms with Crippen LogP contribution >= 0.6 is 0 Å². The molecular weight excluding hydrogens is 566 g/mol. The number of sulfonamides is 1. The van der Waals surface area contributed by atoms with Gasteiger partial charge in [-0.3, -0.25) is 0 Å². The highest BCUT2D eigenvalue weighted by Crippen LogP contribution is 2.41. The van der Waals surface area contributed by atoms with Crippen molar-refractivity contribution >= 4 is 10.0 Å². The highest BCUT2D eigenvalue weighted by molar-refractivity contribution is 7.89. The van der Waals surface area contributed by atoms with E-state index in [1.165, 1.54) is 0 Å². The first-order chi connectivity index (χ1) is 20.7. The maximum atomic E-state index is 13.8. The summed E-state index contributed by atoms with van der Waals surface area (Å²) in [4.78, 5) is 0.283. The molecule has 240 valence electrons. The van der Waals surface area contributed by atoms with E-state index in [1.54, 1.807) is 24.3 Å². The first-order valence-electron chi connectivity index (χ1n) is 16.5. The summed E-state index contributed by atoms with van der Waals surface area (Å²) in [5.41, 5.74) is 6.10. The predicted molar refractivity (Wildman–Crippen MR) is 181 cm³/mol. The molecule has 0 aromatic heterocycles. The van der Waals surface area contributed by atoms with E-state index in [2.05, 4.69) is 84.4 Å². The Kier molecular flexibility index (Phi) is 10.9.